The normalized spacial score (nSPS) is 10.4. The summed E-state index contributed by atoms with van der Waals surface area (Å²) in [6, 6.07) is 5.53. The van der Waals surface area contributed by atoms with Gasteiger partial charge in [0.25, 0.3) is 0 Å². The number of anilines is 1. The summed E-state index contributed by atoms with van der Waals surface area (Å²) in [6.45, 7) is 5.25. The summed E-state index contributed by atoms with van der Waals surface area (Å²) in [5.74, 6) is 0. The van der Waals surface area contributed by atoms with E-state index in [4.69, 9.17) is 5.73 Å². The Kier molecular flexibility index (Phi) is 2.58. The van der Waals surface area contributed by atoms with E-state index in [-0.39, 0.29) is 0 Å². The van der Waals surface area contributed by atoms with Crippen LogP contribution in [0.5, 0.6) is 0 Å². The lowest BCUT2D eigenvalue weighted by Gasteiger charge is -1.99. The number of hydrogen-bond acceptors (Lipinski definition) is 2. The Balaban J connectivity index is 3.01. The van der Waals surface area contributed by atoms with Gasteiger partial charge in [0, 0.05) is 5.69 Å². The molecule has 0 fully saturated rings. The summed E-state index contributed by atoms with van der Waals surface area (Å²) in [5, 5.41) is 0. The molecule has 0 aliphatic rings. The molecule has 0 unspecified atom stereocenters. The highest BCUT2D eigenvalue weighted by Gasteiger charge is 1.94. The van der Waals surface area contributed by atoms with Crippen LogP contribution in [0.2, 0.25) is 0 Å². The van der Waals surface area contributed by atoms with E-state index in [1.165, 1.54) is 6.34 Å². The van der Waals surface area contributed by atoms with Gasteiger partial charge in [0.05, 0.1) is 5.69 Å². The monoisotopic (exact) mass is 161 g/mol. The SMILES string of the molecule is C=NC=Nc1ccc(N)cc1C. The highest BCUT2D eigenvalue weighted by molar-refractivity contribution is 5.68. The fourth-order valence-electron chi connectivity index (χ4n) is 0.927. The maximum atomic E-state index is 5.57. The number of hydrogen-bond donors (Lipinski definition) is 1. The molecule has 3 nitrogen and oxygen atoms in total. The standard InChI is InChI=1S/C9H11N3/c1-7-5-8(10)3-4-9(7)12-6-11-2/h3-6H,2,10H2,1H3. The molecule has 1 rings (SSSR count). The molecule has 0 saturated heterocycles. The van der Waals surface area contributed by atoms with Gasteiger partial charge in [0.2, 0.25) is 0 Å². The van der Waals surface area contributed by atoms with Gasteiger partial charge in [-0.05, 0) is 37.4 Å². The topological polar surface area (TPSA) is 50.7 Å². The van der Waals surface area contributed by atoms with E-state index in [0.717, 1.165) is 16.9 Å². The van der Waals surface area contributed by atoms with Crippen molar-refractivity contribution >= 4 is 24.4 Å². The smallest absolute Gasteiger partial charge is 0.115 e. The van der Waals surface area contributed by atoms with Crippen molar-refractivity contribution in [2.24, 2.45) is 9.98 Å². The molecular weight excluding hydrogens is 150 g/mol. The number of aryl methyl sites for hydroxylation is 1. The highest BCUT2D eigenvalue weighted by atomic mass is 14.8. The second-order valence-corrected chi connectivity index (χ2v) is 2.47. The minimum Gasteiger partial charge on any atom is -0.399 e. The van der Waals surface area contributed by atoms with Crippen molar-refractivity contribution in [1.29, 1.82) is 0 Å². The van der Waals surface area contributed by atoms with Crippen LogP contribution in [0, 0.1) is 6.92 Å². The largest absolute Gasteiger partial charge is 0.399 e. The molecule has 1 aromatic rings. The van der Waals surface area contributed by atoms with Gasteiger partial charge in [-0.3, -0.25) is 4.99 Å². The molecule has 0 aromatic heterocycles. The van der Waals surface area contributed by atoms with E-state index < -0.39 is 0 Å². The van der Waals surface area contributed by atoms with Crippen LogP contribution in [-0.4, -0.2) is 13.1 Å². The van der Waals surface area contributed by atoms with Crippen LogP contribution in [0.15, 0.2) is 28.2 Å². The second kappa shape index (κ2) is 3.67. The van der Waals surface area contributed by atoms with E-state index in [1.807, 2.05) is 25.1 Å². The van der Waals surface area contributed by atoms with Crippen molar-refractivity contribution in [2.45, 2.75) is 6.92 Å². The number of aliphatic imine (C=N–C) groups is 2. The molecule has 12 heavy (non-hydrogen) atoms. The average molecular weight is 161 g/mol. The molecule has 0 amide bonds. The summed E-state index contributed by atoms with van der Waals surface area (Å²) in [5.41, 5.74) is 8.23. The van der Waals surface area contributed by atoms with Gasteiger partial charge in [0.15, 0.2) is 0 Å². The number of benzene rings is 1. The Hall–Kier alpha value is -1.64. The van der Waals surface area contributed by atoms with E-state index in [9.17, 15) is 0 Å². The van der Waals surface area contributed by atoms with E-state index in [2.05, 4.69) is 16.7 Å². The van der Waals surface area contributed by atoms with E-state index in [0.29, 0.717) is 0 Å². The fraction of sp³-hybridized carbons (Fsp3) is 0.111. The number of nitrogens with two attached hydrogens (primary N) is 1. The Morgan fingerprint density at radius 2 is 2.25 bits per heavy atom. The third kappa shape index (κ3) is 1.92. The van der Waals surface area contributed by atoms with Crippen molar-refractivity contribution in [2.75, 3.05) is 5.73 Å². The molecule has 2 N–H and O–H groups in total. The van der Waals surface area contributed by atoms with E-state index >= 15 is 0 Å². The summed E-state index contributed by atoms with van der Waals surface area (Å²) in [4.78, 5) is 7.58. The van der Waals surface area contributed by atoms with Crippen LogP contribution in [0.3, 0.4) is 0 Å². The average Bonchev–Trinajstić information content (AvgIpc) is 2.03. The lowest BCUT2D eigenvalue weighted by atomic mass is 10.2. The van der Waals surface area contributed by atoms with Crippen LogP contribution < -0.4 is 5.73 Å². The van der Waals surface area contributed by atoms with Gasteiger partial charge in [0.1, 0.15) is 6.34 Å². The van der Waals surface area contributed by atoms with Crippen LogP contribution in [0.4, 0.5) is 11.4 Å². The van der Waals surface area contributed by atoms with Crippen molar-refractivity contribution in [3.63, 3.8) is 0 Å². The zero-order valence-electron chi connectivity index (χ0n) is 6.99. The molecule has 0 aliphatic carbocycles. The van der Waals surface area contributed by atoms with Gasteiger partial charge in [-0.1, -0.05) is 0 Å². The van der Waals surface area contributed by atoms with Crippen LogP contribution >= 0.6 is 0 Å². The quantitative estimate of drug-likeness (QED) is 0.402. The van der Waals surface area contributed by atoms with Gasteiger partial charge in [-0.2, -0.15) is 0 Å². The van der Waals surface area contributed by atoms with Crippen molar-refractivity contribution < 1.29 is 0 Å². The van der Waals surface area contributed by atoms with Crippen molar-refractivity contribution in [3.8, 4) is 0 Å². The first kappa shape index (κ1) is 8.46. The minimum absolute atomic E-state index is 0.748. The van der Waals surface area contributed by atoms with Crippen LogP contribution in [0.25, 0.3) is 0 Å². The first-order valence-electron chi connectivity index (χ1n) is 3.58. The predicted octanol–water partition coefficient (Wildman–Crippen LogP) is 1.94. The molecule has 0 heterocycles. The molecule has 1 aromatic carbocycles. The maximum Gasteiger partial charge on any atom is 0.115 e. The molecular formula is C9H11N3. The van der Waals surface area contributed by atoms with E-state index in [1.54, 1.807) is 0 Å². The summed E-state index contributed by atoms with van der Waals surface area (Å²) >= 11 is 0. The molecule has 0 saturated carbocycles. The zero-order valence-corrected chi connectivity index (χ0v) is 6.99. The Morgan fingerprint density at radius 1 is 1.50 bits per heavy atom. The van der Waals surface area contributed by atoms with Crippen molar-refractivity contribution in [1.82, 2.24) is 0 Å². The zero-order chi connectivity index (χ0) is 8.97. The molecule has 0 atom stereocenters. The molecule has 0 bridgehead atoms. The molecule has 0 radical (unpaired) electrons. The third-order valence-electron chi connectivity index (χ3n) is 1.50. The van der Waals surface area contributed by atoms with Crippen LogP contribution in [0.1, 0.15) is 5.56 Å². The first-order valence-corrected chi connectivity index (χ1v) is 3.58. The highest BCUT2D eigenvalue weighted by Crippen LogP contribution is 2.19. The molecule has 62 valence electrons. The van der Waals surface area contributed by atoms with Gasteiger partial charge in [-0.25, -0.2) is 4.99 Å². The lowest BCUT2D eigenvalue weighted by molar-refractivity contribution is 1.40. The Labute approximate surface area is 71.7 Å². The first-order chi connectivity index (χ1) is 5.74. The third-order valence-corrected chi connectivity index (χ3v) is 1.50. The summed E-state index contributed by atoms with van der Waals surface area (Å²) in [7, 11) is 0. The summed E-state index contributed by atoms with van der Waals surface area (Å²) < 4.78 is 0. The Bertz CT molecular complexity index is 316. The molecule has 3 heteroatoms. The minimum atomic E-state index is 0.748. The van der Waals surface area contributed by atoms with Crippen molar-refractivity contribution in [3.05, 3.63) is 23.8 Å². The fourth-order valence-corrected chi connectivity index (χ4v) is 0.927. The molecule has 0 aliphatic heterocycles. The predicted molar refractivity (Wildman–Crippen MR) is 53.3 cm³/mol. The lowest BCUT2D eigenvalue weighted by Crippen LogP contribution is -1.84. The van der Waals surface area contributed by atoms with Gasteiger partial charge >= 0.3 is 0 Å². The maximum absolute atomic E-state index is 5.57. The number of rotatable bonds is 2. The Morgan fingerprint density at radius 3 is 2.83 bits per heavy atom. The van der Waals surface area contributed by atoms with Crippen LogP contribution in [-0.2, 0) is 0 Å². The second-order valence-electron chi connectivity index (χ2n) is 2.47. The van der Waals surface area contributed by atoms with Gasteiger partial charge in [-0.15, -0.1) is 0 Å². The summed E-state index contributed by atoms with van der Waals surface area (Å²) in [6.07, 6.45) is 1.42. The van der Waals surface area contributed by atoms with Gasteiger partial charge < -0.3 is 5.73 Å². The number of nitrogen functional groups attached to an aromatic ring is 1. The molecule has 0 spiro atoms. The number of nitrogens with zero attached hydrogens (tertiary/aromatic N) is 2.